The molecule has 0 radical (unpaired) electrons. The third-order valence-corrected chi connectivity index (χ3v) is 6.94. The number of nitrogens with one attached hydrogen (secondary N) is 1. The number of ether oxygens (including phenoxy) is 1. The fourth-order valence-electron chi connectivity index (χ4n) is 4.09. The van der Waals surface area contributed by atoms with Crippen LogP contribution in [-0.4, -0.2) is 35.9 Å². The zero-order chi connectivity index (χ0) is 24.8. The maximum absolute atomic E-state index is 13.1. The Morgan fingerprint density at radius 1 is 1.06 bits per heavy atom. The molecule has 36 heavy (non-hydrogen) atoms. The molecule has 0 fully saturated rings. The van der Waals surface area contributed by atoms with E-state index in [-0.39, 0.29) is 18.4 Å². The van der Waals surface area contributed by atoms with Crippen molar-refractivity contribution in [3.8, 4) is 17.0 Å². The van der Waals surface area contributed by atoms with Crippen molar-refractivity contribution in [3.05, 3.63) is 87.5 Å². The molecule has 0 saturated carbocycles. The maximum Gasteiger partial charge on any atom is 0.279 e. The van der Waals surface area contributed by atoms with E-state index in [4.69, 9.17) is 26.4 Å². The van der Waals surface area contributed by atoms with Gasteiger partial charge in [0.2, 0.25) is 4.80 Å². The smallest absolute Gasteiger partial charge is 0.279 e. The van der Waals surface area contributed by atoms with E-state index in [1.54, 1.807) is 34.8 Å². The van der Waals surface area contributed by atoms with Gasteiger partial charge < -0.3 is 15.0 Å². The molecular formula is C26H18ClN5O3S. The van der Waals surface area contributed by atoms with Gasteiger partial charge >= 0.3 is 0 Å². The number of nitrogens with zero attached hydrogens (tertiary/aromatic N) is 4. The van der Waals surface area contributed by atoms with E-state index in [1.807, 2.05) is 53.9 Å². The molecule has 0 saturated heterocycles. The normalized spacial score (nSPS) is 16.1. The highest BCUT2D eigenvalue weighted by molar-refractivity contribution is 7.07. The lowest BCUT2D eigenvalue weighted by atomic mass is 10.1. The molecule has 1 aromatic heterocycles. The second-order valence-electron chi connectivity index (χ2n) is 8.18. The number of fused-ring (bicyclic) bond motifs is 2. The van der Waals surface area contributed by atoms with Gasteiger partial charge in [0, 0.05) is 28.6 Å². The van der Waals surface area contributed by atoms with Crippen molar-refractivity contribution in [2.75, 3.05) is 23.9 Å². The quantitative estimate of drug-likeness (QED) is 0.430. The van der Waals surface area contributed by atoms with Crippen LogP contribution < -0.4 is 19.8 Å². The van der Waals surface area contributed by atoms with Gasteiger partial charge in [-0.1, -0.05) is 29.8 Å². The van der Waals surface area contributed by atoms with E-state index in [0.717, 1.165) is 16.8 Å². The molecule has 0 unspecified atom stereocenters. The lowest BCUT2D eigenvalue weighted by Crippen LogP contribution is -2.27. The van der Waals surface area contributed by atoms with Crippen LogP contribution >= 0.6 is 22.9 Å². The monoisotopic (exact) mass is 515 g/mol. The molecule has 10 heteroatoms. The Morgan fingerprint density at radius 2 is 1.86 bits per heavy atom. The van der Waals surface area contributed by atoms with Crippen LogP contribution in [0, 0.1) is 0 Å². The topological polar surface area (TPSA) is 88.3 Å². The first kappa shape index (κ1) is 22.3. The zero-order valence-electron chi connectivity index (χ0n) is 18.9. The number of rotatable bonds is 3. The molecule has 0 aliphatic carbocycles. The van der Waals surface area contributed by atoms with Crippen LogP contribution in [0.15, 0.2) is 82.2 Å². The number of halogens is 1. The van der Waals surface area contributed by atoms with Crippen LogP contribution in [0.4, 0.5) is 17.1 Å². The third kappa shape index (κ3) is 3.88. The highest BCUT2D eigenvalue weighted by Gasteiger charge is 2.31. The summed E-state index contributed by atoms with van der Waals surface area (Å²) >= 11 is 7.43. The van der Waals surface area contributed by atoms with E-state index in [1.165, 1.54) is 11.3 Å². The second-order valence-corrected chi connectivity index (χ2v) is 9.45. The fraction of sp³-hybridized carbons (Fsp3) is 0.0769. The number of anilines is 2. The molecule has 2 aliphatic heterocycles. The molecule has 0 spiro atoms. The summed E-state index contributed by atoms with van der Waals surface area (Å²) in [6.07, 6.45) is 0. The second kappa shape index (κ2) is 8.78. The first-order chi connectivity index (χ1) is 17.5. The van der Waals surface area contributed by atoms with Gasteiger partial charge in [-0.15, -0.1) is 11.3 Å². The van der Waals surface area contributed by atoms with Gasteiger partial charge in [0.05, 0.1) is 22.8 Å². The molecule has 6 rings (SSSR count). The third-order valence-electron chi connectivity index (χ3n) is 5.87. The average Bonchev–Trinajstić information content (AvgIpc) is 3.39. The summed E-state index contributed by atoms with van der Waals surface area (Å²) in [7, 11) is 1.73. The van der Waals surface area contributed by atoms with Crippen molar-refractivity contribution in [2.24, 2.45) is 10.1 Å². The molecular weight excluding hydrogens is 498 g/mol. The first-order valence-corrected chi connectivity index (χ1v) is 12.3. The number of likely N-dealkylation sites (N-methyl/N-ethyl adjacent to an activating group) is 1. The van der Waals surface area contributed by atoms with Crippen molar-refractivity contribution in [3.63, 3.8) is 0 Å². The van der Waals surface area contributed by atoms with Crippen LogP contribution in [0.2, 0.25) is 5.02 Å². The number of amides is 2. The van der Waals surface area contributed by atoms with Gasteiger partial charge in [-0.2, -0.15) is 5.10 Å². The summed E-state index contributed by atoms with van der Waals surface area (Å²) < 4.78 is 7.16. The van der Waals surface area contributed by atoms with E-state index < -0.39 is 0 Å². The average molecular weight is 516 g/mol. The van der Waals surface area contributed by atoms with Crippen LogP contribution in [-0.2, 0) is 9.59 Å². The number of para-hydroxylation sites is 1. The predicted molar refractivity (Wildman–Crippen MR) is 140 cm³/mol. The maximum atomic E-state index is 13.1. The van der Waals surface area contributed by atoms with E-state index in [0.29, 0.717) is 38.4 Å². The highest BCUT2D eigenvalue weighted by Crippen LogP contribution is 2.34. The Hall–Kier alpha value is -4.21. The number of hydrogen-bond acceptors (Lipinski definition) is 6. The molecule has 8 nitrogen and oxygen atoms in total. The summed E-state index contributed by atoms with van der Waals surface area (Å²) in [5, 5.41) is 10.2. The molecule has 4 aromatic rings. The van der Waals surface area contributed by atoms with Crippen LogP contribution in [0.1, 0.15) is 5.56 Å². The molecule has 178 valence electrons. The Morgan fingerprint density at radius 3 is 2.69 bits per heavy atom. The molecule has 0 atom stereocenters. The number of benzene rings is 3. The zero-order valence-corrected chi connectivity index (χ0v) is 20.5. The molecule has 0 bridgehead atoms. The molecule has 1 N–H and O–H groups in total. The molecule has 3 aromatic carbocycles. The Labute approximate surface area is 214 Å². The highest BCUT2D eigenvalue weighted by atomic mass is 35.5. The SMILES string of the molecule is CN1C(=O)C(=Nn2c(-c3ccc4c(c3)NC(=O)CO4)csc2=Nc2ccc(Cl)cc2)c2ccccc21. The number of carbonyl (C=O) groups excluding carboxylic acids is 2. The van der Waals surface area contributed by atoms with Crippen LogP contribution in [0.25, 0.3) is 11.3 Å². The van der Waals surface area contributed by atoms with Gasteiger partial charge in [0.1, 0.15) is 5.75 Å². The van der Waals surface area contributed by atoms with Crippen molar-refractivity contribution < 1.29 is 14.3 Å². The van der Waals surface area contributed by atoms with Gasteiger partial charge in [0.25, 0.3) is 11.8 Å². The van der Waals surface area contributed by atoms with Crippen molar-refractivity contribution in [1.29, 1.82) is 0 Å². The van der Waals surface area contributed by atoms with Gasteiger partial charge in [-0.05, 0) is 48.5 Å². The lowest BCUT2D eigenvalue weighted by Gasteiger charge is -2.18. The standard InChI is InChI=1S/C26H18ClN5O3S/c1-31-20-5-3-2-4-18(20)24(25(31)34)30-32-21(14-36-26(32)28-17-9-7-16(27)8-10-17)15-6-11-22-19(12-15)29-23(33)13-35-22/h2-12,14H,13H2,1H3,(H,29,33). The van der Waals surface area contributed by atoms with Crippen molar-refractivity contribution in [1.82, 2.24) is 4.68 Å². The minimum atomic E-state index is -0.215. The molecule has 3 heterocycles. The van der Waals surface area contributed by atoms with E-state index in [2.05, 4.69) is 5.32 Å². The Bertz CT molecular complexity index is 1640. The Kier molecular flexibility index (Phi) is 5.43. The largest absolute Gasteiger partial charge is 0.482 e. The van der Waals surface area contributed by atoms with Gasteiger partial charge in [-0.25, -0.2) is 9.67 Å². The summed E-state index contributed by atoms with van der Waals surface area (Å²) in [4.78, 5) is 31.9. The molecule has 2 aliphatic rings. The van der Waals surface area contributed by atoms with Gasteiger partial charge in [-0.3, -0.25) is 9.59 Å². The van der Waals surface area contributed by atoms with Gasteiger partial charge in [0.15, 0.2) is 12.3 Å². The van der Waals surface area contributed by atoms with Crippen LogP contribution in [0.3, 0.4) is 0 Å². The minimum Gasteiger partial charge on any atom is -0.482 e. The van der Waals surface area contributed by atoms with Crippen molar-refractivity contribution >= 4 is 57.5 Å². The fourth-order valence-corrected chi connectivity index (χ4v) is 5.06. The number of aromatic nitrogens is 1. The molecule has 2 amide bonds. The Balaban J connectivity index is 1.55. The lowest BCUT2D eigenvalue weighted by molar-refractivity contribution is -0.118. The van der Waals surface area contributed by atoms with Crippen LogP contribution in [0.5, 0.6) is 5.75 Å². The van der Waals surface area contributed by atoms with E-state index >= 15 is 0 Å². The summed E-state index contributed by atoms with van der Waals surface area (Å²) in [6, 6.07) is 20.2. The summed E-state index contributed by atoms with van der Waals surface area (Å²) in [5.41, 5.74) is 4.63. The number of carbonyl (C=O) groups is 2. The summed E-state index contributed by atoms with van der Waals surface area (Å²) in [5.74, 6) is 0.177. The number of thiazole rings is 1. The number of hydrogen-bond donors (Lipinski definition) is 1. The van der Waals surface area contributed by atoms with E-state index in [9.17, 15) is 9.59 Å². The minimum absolute atomic E-state index is 0.0163. The van der Waals surface area contributed by atoms with Crippen molar-refractivity contribution in [2.45, 2.75) is 0 Å². The summed E-state index contributed by atoms with van der Waals surface area (Å²) in [6.45, 7) is -0.0163. The predicted octanol–water partition coefficient (Wildman–Crippen LogP) is 4.66. The first-order valence-electron chi connectivity index (χ1n) is 11.0.